The molecule has 0 bridgehead atoms. The number of benzene rings is 2. The predicted molar refractivity (Wildman–Crippen MR) is 139 cm³/mol. The van der Waals surface area contributed by atoms with Gasteiger partial charge in [-0.2, -0.15) is 0 Å². The monoisotopic (exact) mass is 489 g/mol. The van der Waals surface area contributed by atoms with Gasteiger partial charge in [-0.15, -0.1) is 0 Å². The molecule has 0 atom stereocenters. The van der Waals surface area contributed by atoms with Gasteiger partial charge >= 0.3 is 0 Å². The smallest absolute Gasteiger partial charge is 0.256 e. The maximum atomic E-state index is 12.8. The maximum Gasteiger partial charge on any atom is 0.256 e. The predicted octanol–water partition coefficient (Wildman–Crippen LogP) is 6.02. The molecule has 5 nitrogen and oxygen atoms in total. The van der Waals surface area contributed by atoms with E-state index in [1.807, 2.05) is 0 Å². The lowest BCUT2D eigenvalue weighted by Gasteiger charge is -2.40. The minimum absolute atomic E-state index is 0.165. The first-order valence-electron chi connectivity index (χ1n) is 12.6. The number of nitrogens with zero attached hydrogens (tertiary/aromatic N) is 2. The van der Waals surface area contributed by atoms with Crippen LogP contribution in [-0.2, 0) is 11.8 Å². The van der Waals surface area contributed by atoms with Crippen LogP contribution >= 0.6 is 11.6 Å². The molecule has 6 heteroatoms. The summed E-state index contributed by atoms with van der Waals surface area (Å²) in [6.07, 6.45) is 8.71. The van der Waals surface area contributed by atoms with Gasteiger partial charge in [0.15, 0.2) is 0 Å². The highest BCUT2D eigenvalue weighted by Crippen LogP contribution is 2.46. The number of hydrogen-bond donors (Lipinski definition) is 1. The van der Waals surface area contributed by atoms with Crippen LogP contribution in [0.1, 0.15) is 53.6 Å². The Kier molecular flexibility index (Phi) is 7.35. The third kappa shape index (κ3) is 5.52. The molecular weight excluding hydrogens is 458 g/mol. The molecule has 2 heterocycles. The summed E-state index contributed by atoms with van der Waals surface area (Å²) in [5, 5.41) is 3.65. The number of hydrogen-bond acceptors (Lipinski definition) is 4. The first-order valence-corrected chi connectivity index (χ1v) is 13.0. The van der Waals surface area contributed by atoms with Gasteiger partial charge in [0.1, 0.15) is 11.3 Å². The summed E-state index contributed by atoms with van der Waals surface area (Å²) in [6.45, 7) is 4.06. The molecule has 2 aromatic carbocycles. The molecule has 0 saturated carbocycles. The van der Waals surface area contributed by atoms with Crippen LogP contribution in [0, 0.1) is 0 Å². The number of pyridine rings is 1. The molecule has 0 unspecified atom stereocenters. The summed E-state index contributed by atoms with van der Waals surface area (Å²) in [4.78, 5) is 19.6. The minimum Gasteiger partial charge on any atom is -0.438 e. The third-order valence-corrected chi connectivity index (χ3v) is 7.76. The largest absolute Gasteiger partial charge is 0.438 e. The standard InChI is InChI=1S/C29H32ClN3O2/c30-23-9-11-24(12-10-23)35-28-25(7-5-18-32-28)27(34)31-17-3-4-19-33-20-15-29(16-21-33)14-13-22-6-1-2-8-26(22)29/h1-2,5-12,18H,3-4,13-17,19-21H2,(H,31,34). The number of aromatic nitrogens is 1. The van der Waals surface area contributed by atoms with Gasteiger partial charge in [0.05, 0.1) is 0 Å². The Balaban J connectivity index is 1.05. The number of fused-ring (bicyclic) bond motifs is 2. The highest BCUT2D eigenvalue weighted by Gasteiger charge is 2.40. The zero-order chi connectivity index (χ0) is 24.1. The average molecular weight is 490 g/mol. The van der Waals surface area contributed by atoms with E-state index in [-0.39, 0.29) is 5.91 Å². The fourth-order valence-electron chi connectivity index (χ4n) is 5.51. The Morgan fingerprint density at radius 1 is 1.00 bits per heavy atom. The number of aryl methyl sites for hydroxylation is 1. The molecule has 0 radical (unpaired) electrons. The van der Waals surface area contributed by atoms with Crippen LogP contribution in [0.15, 0.2) is 66.9 Å². The van der Waals surface area contributed by atoms with Crippen molar-refractivity contribution in [1.29, 1.82) is 0 Å². The number of piperidine rings is 1. The fraction of sp³-hybridized carbons (Fsp3) is 0.379. The first kappa shape index (κ1) is 23.8. The van der Waals surface area contributed by atoms with E-state index in [2.05, 4.69) is 39.5 Å². The van der Waals surface area contributed by atoms with Crippen LogP contribution in [0.2, 0.25) is 5.02 Å². The second-order valence-corrected chi connectivity index (χ2v) is 10.1. The average Bonchev–Trinajstić information content (AvgIpc) is 3.25. The number of unbranched alkanes of at least 4 members (excludes halogenated alkanes) is 1. The van der Waals surface area contributed by atoms with Crippen molar-refractivity contribution in [2.75, 3.05) is 26.2 Å². The number of amides is 1. The van der Waals surface area contributed by atoms with E-state index in [1.54, 1.807) is 53.7 Å². The van der Waals surface area contributed by atoms with Gasteiger partial charge in [-0.05, 0) is 111 Å². The second-order valence-electron chi connectivity index (χ2n) is 9.65. The molecule has 1 saturated heterocycles. The lowest BCUT2D eigenvalue weighted by molar-refractivity contribution is 0.0949. The van der Waals surface area contributed by atoms with Crippen LogP contribution in [0.25, 0.3) is 0 Å². The zero-order valence-corrected chi connectivity index (χ0v) is 20.8. The molecule has 5 rings (SSSR count). The molecule has 1 fully saturated rings. The Hall–Kier alpha value is -2.89. The zero-order valence-electron chi connectivity index (χ0n) is 20.0. The molecule has 2 aliphatic rings. The lowest BCUT2D eigenvalue weighted by atomic mass is 9.74. The van der Waals surface area contributed by atoms with E-state index in [1.165, 1.54) is 38.8 Å². The normalized spacial score (nSPS) is 16.7. The Bertz CT molecular complexity index is 1160. The van der Waals surface area contributed by atoms with Gasteiger partial charge in [0.2, 0.25) is 5.88 Å². The number of carbonyl (C=O) groups is 1. The van der Waals surface area contributed by atoms with E-state index in [4.69, 9.17) is 16.3 Å². The van der Waals surface area contributed by atoms with Crippen LogP contribution < -0.4 is 10.1 Å². The van der Waals surface area contributed by atoms with Gasteiger partial charge in [-0.1, -0.05) is 35.9 Å². The van der Waals surface area contributed by atoms with Gasteiger partial charge in [-0.25, -0.2) is 4.98 Å². The molecule has 182 valence electrons. The Morgan fingerprint density at radius 2 is 1.80 bits per heavy atom. The number of carbonyl (C=O) groups excluding carboxylic acids is 1. The van der Waals surface area contributed by atoms with Crippen molar-refractivity contribution < 1.29 is 9.53 Å². The summed E-state index contributed by atoms with van der Waals surface area (Å²) >= 11 is 5.94. The summed E-state index contributed by atoms with van der Waals surface area (Å²) in [7, 11) is 0. The van der Waals surface area contributed by atoms with Crippen molar-refractivity contribution >= 4 is 17.5 Å². The van der Waals surface area contributed by atoms with E-state index >= 15 is 0 Å². The number of ether oxygens (including phenoxy) is 1. The van der Waals surface area contributed by atoms with Crippen LogP contribution in [0.3, 0.4) is 0 Å². The number of likely N-dealkylation sites (tertiary alicyclic amines) is 1. The van der Waals surface area contributed by atoms with Crippen LogP contribution in [0.4, 0.5) is 0 Å². The van der Waals surface area contributed by atoms with Crippen molar-refractivity contribution in [1.82, 2.24) is 15.2 Å². The minimum atomic E-state index is -0.165. The second kappa shape index (κ2) is 10.8. The van der Waals surface area contributed by atoms with Crippen molar-refractivity contribution in [3.63, 3.8) is 0 Å². The van der Waals surface area contributed by atoms with Crippen molar-refractivity contribution in [2.45, 2.75) is 43.9 Å². The van der Waals surface area contributed by atoms with Crippen molar-refractivity contribution in [3.05, 3.63) is 88.6 Å². The summed E-state index contributed by atoms with van der Waals surface area (Å²) in [6, 6.07) is 19.5. The summed E-state index contributed by atoms with van der Waals surface area (Å²) in [5.74, 6) is 0.719. The molecule has 1 aromatic heterocycles. The fourth-order valence-corrected chi connectivity index (χ4v) is 5.63. The van der Waals surface area contributed by atoms with Gasteiger partial charge in [-0.3, -0.25) is 4.79 Å². The number of nitrogens with one attached hydrogen (secondary N) is 1. The van der Waals surface area contributed by atoms with Gasteiger partial charge in [0.25, 0.3) is 5.91 Å². The lowest BCUT2D eigenvalue weighted by Crippen LogP contribution is -2.42. The Labute approximate surface area is 212 Å². The topological polar surface area (TPSA) is 54.5 Å². The molecule has 1 spiro atoms. The van der Waals surface area contributed by atoms with Crippen LogP contribution in [0.5, 0.6) is 11.6 Å². The van der Waals surface area contributed by atoms with Crippen LogP contribution in [-0.4, -0.2) is 42.0 Å². The highest BCUT2D eigenvalue weighted by atomic mass is 35.5. The SMILES string of the molecule is O=C(NCCCCN1CCC2(CCc3ccccc32)CC1)c1cccnc1Oc1ccc(Cl)cc1. The molecule has 1 amide bonds. The summed E-state index contributed by atoms with van der Waals surface area (Å²) in [5.41, 5.74) is 4.01. The van der Waals surface area contributed by atoms with Crippen molar-refractivity contribution in [2.24, 2.45) is 0 Å². The van der Waals surface area contributed by atoms with Gasteiger partial charge < -0.3 is 15.0 Å². The molecular formula is C29H32ClN3O2. The molecule has 1 N–H and O–H groups in total. The molecule has 35 heavy (non-hydrogen) atoms. The number of halogens is 1. The maximum absolute atomic E-state index is 12.8. The third-order valence-electron chi connectivity index (χ3n) is 7.51. The molecule has 1 aliphatic heterocycles. The van der Waals surface area contributed by atoms with E-state index in [9.17, 15) is 4.79 Å². The van der Waals surface area contributed by atoms with E-state index in [0.717, 1.165) is 19.4 Å². The van der Waals surface area contributed by atoms with E-state index in [0.29, 0.717) is 34.2 Å². The molecule has 3 aromatic rings. The number of rotatable bonds is 8. The molecule has 1 aliphatic carbocycles. The van der Waals surface area contributed by atoms with Gasteiger partial charge in [0, 0.05) is 17.8 Å². The first-order chi connectivity index (χ1) is 17.1. The Morgan fingerprint density at radius 3 is 2.63 bits per heavy atom. The summed E-state index contributed by atoms with van der Waals surface area (Å²) < 4.78 is 5.82. The van der Waals surface area contributed by atoms with E-state index < -0.39 is 0 Å². The quantitative estimate of drug-likeness (QED) is 0.393. The highest BCUT2D eigenvalue weighted by molar-refractivity contribution is 6.30. The van der Waals surface area contributed by atoms with Crippen molar-refractivity contribution in [3.8, 4) is 11.6 Å².